The molecule has 2 amide bonds. The molecule has 27 heavy (non-hydrogen) atoms. The summed E-state index contributed by atoms with van der Waals surface area (Å²) in [6, 6.07) is 14.9. The summed E-state index contributed by atoms with van der Waals surface area (Å²) in [5.41, 5.74) is 1.69. The van der Waals surface area contributed by atoms with Crippen LogP contribution in [-0.4, -0.2) is 35.7 Å². The van der Waals surface area contributed by atoms with Crippen LogP contribution in [-0.2, 0) is 22.4 Å². The lowest BCUT2D eigenvalue weighted by molar-refractivity contribution is -0.136. The molecule has 0 aliphatic heterocycles. The molecule has 0 saturated heterocycles. The summed E-state index contributed by atoms with van der Waals surface area (Å²) >= 11 is 0. The number of hydrogen-bond donors (Lipinski definition) is 3. The summed E-state index contributed by atoms with van der Waals surface area (Å²) in [5, 5.41) is 15.9. The Kier molecular flexibility index (Phi) is 5.76. The second-order valence-corrected chi connectivity index (χ2v) is 6.74. The average Bonchev–Trinajstić information content (AvgIpc) is 2.67. The Labute approximate surface area is 158 Å². The van der Waals surface area contributed by atoms with Gasteiger partial charge in [-0.05, 0) is 43.0 Å². The molecule has 0 fully saturated rings. The van der Waals surface area contributed by atoms with Crippen molar-refractivity contribution >= 4 is 17.5 Å². The summed E-state index contributed by atoms with van der Waals surface area (Å²) in [7, 11) is 0. The highest BCUT2D eigenvalue weighted by atomic mass is 16.5. The zero-order valence-corrected chi connectivity index (χ0v) is 15.3. The largest absolute Gasteiger partial charge is 0.492 e. The number of aryl methyl sites for hydroxylation is 1. The molecule has 6 heteroatoms. The first-order valence-electron chi connectivity index (χ1n) is 9.11. The van der Waals surface area contributed by atoms with E-state index < -0.39 is 17.4 Å². The van der Waals surface area contributed by atoms with Crippen LogP contribution in [0.5, 0.6) is 5.75 Å². The van der Waals surface area contributed by atoms with Crippen LogP contribution in [0.25, 0.3) is 0 Å². The third-order valence-corrected chi connectivity index (χ3v) is 4.72. The number of hydrogen-bond acceptors (Lipinski definition) is 4. The zero-order valence-electron chi connectivity index (χ0n) is 15.3. The number of aliphatic hydroxyl groups is 1. The quantitative estimate of drug-likeness (QED) is 0.705. The Bertz CT molecular complexity index is 836. The first-order chi connectivity index (χ1) is 13.0. The van der Waals surface area contributed by atoms with Crippen LogP contribution < -0.4 is 15.4 Å². The second-order valence-electron chi connectivity index (χ2n) is 6.74. The number of anilines is 1. The highest BCUT2D eigenvalue weighted by Crippen LogP contribution is 2.28. The van der Waals surface area contributed by atoms with Gasteiger partial charge in [0.25, 0.3) is 0 Å². The van der Waals surface area contributed by atoms with Crippen molar-refractivity contribution in [2.75, 3.05) is 18.5 Å². The van der Waals surface area contributed by atoms with Crippen molar-refractivity contribution in [3.63, 3.8) is 0 Å². The summed E-state index contributed by atoms with van der Waals surface area (Å²) < 4.78 is 5.44. The number of para-hydroxylation sites is 2. The van der Waals surface area contributed by atoms with E-state index in [9.17, 15) is 14.7 Å². The van der Waals surface area contributed by atoms with Crippen LogP contribution in [0.3, 0.4) is 0 Å². The minimum atomic E-state index is -1.05. The van der Waals surface area contributed by atoms with Gasteiger partial charge < -0.3 is 20.5 Å². The van der Waals surface area contributed by atoms with E-state index in [4.69, 9.17) is 4.74 Å². The molecule has 142 valence electrons. The molecular weight excluding hydrogens is 344 g/mol. The van der Waals surface area contributed by atoms with E-state index in [-0.39, 0.29) is 6.54 Å². The lowest BCUT2D eigenvalue weighted by Gasteiger charge is -2.33. The maximum absolute atomic E-state index is 12.2. The van der Waals surface area contributed by atoms with Gasteiger partial charge in [-0.2, -0.15) is 0 Å². The fourth-order valence-electron chi connectivity index (χ4n) is 3.29. The molecule has 6 nitrogen and oxygen atoms in total. The topological polar surface area (TPSA) is 87.7 Å². The van der Waals surface area contributed by atoms with E-state index in [1.807, 2.05) is 25.1 Å². The molecule has 0 aromatic heterocycles. The van der Waals surface area contributed by atoms with Crippen LogP contribution in [0.4, 0.5) is 5.69 Å². The monoisotopic (exact) mass is 368 g/mol. The number of nitrogens with one attached hydrogen (secondary N) is 2. The first-order valence-corrected chi connectivity index (χ1v) is 9.11. The summed E-state index contributed by atoms with van der Waals surface area (Å²) in [5.74, 6) is -1.07. The summed E-state index contributed by atoms with van der Waals surface area (Å²) in [6.45, 7) is 2.32. The molecule has 3 N–H and O–H groups in total. The number of carbonyl (C=O) groups is 2. The van der Waals surface area contributed by atoms with Crippen LogP contribution in [0.15, 0.2) is 48.5 Å². The van der Waals surface area contributed by atoms with Gasteiger partial charge in [0.15, 0.2) is 0 Å². The van der Waals surface area contributed by atoms with Gasteiger partial charge in [-0.1, -0.05) is 36.4 Å². The van der Waals surface area contributed by atoms with Crippen molar-refractivity contribution in [2.24, 2.45) is 0 Å². The zero-order chi connectivity index (χ0) is 19.3. The van der Waals surface area contributed by atoms with Crippen LogP contribution >= 0.6 is 0 Å². The predicted molar refractivity (Wildman–Crippen MR) is 103 cm³/mol. The third kappa shape index (κ3) is 4.65. The number of amides is 2. The predicted octanol–water partition coefficient (Wildman–Crippen LogP) is 2.06. The SMILES string of the molecule is CCOc1ccccc1NC(=O)C(=O)NCC1(O)CCc2ccccc2C1. The minimum absolute atomic E-state index is 0.0285. The van der Waals surface area contributed by atoms with Crippen molar-refractivity contribution in [1.29, 1.82) is 0 Å². The molecule has 2 aromatic carbocycles. The molecule has 0 heterocycles. The summed E-state index contributed by atoms with van der Waals surface area (Å²) in [4.78, 5) is 24.4. The van der Waals surface area contributed by atoms with E-state index in [1.54, 1.807) is 24.3 Å². The molecule has 1 aliphatic rings. The van der Waals surface area contributed by atoms with Crippen molar-refractivity contribution in [3.05, 3.63) is 59.7 Å². The van der Waals surface area contributed by atoms with Crippen LogP contribution in [0, 0.1) is 0 Å². The molecule has 1 aliphatic carbocycles. The molecule has 0 bridgehead atoms. The Morgan fingerprint density at radius 2 is 1.78 bits per heavy atom. The number of ether oxygens (including phenoxy) is 1. The van der Waals surface area contributed by atoms with Gasteiger partial charge >= 0.3 is 11.8 Å². The number of benzene rings is 2. The van der Waals surface area contributed by atoms with E-state index in [0.29, 0.717) is 30.9 Å². The van der Waals surface area contributed by atoms with Gasteiger partial charge in [0, 0.05) is 13.0 Å². The average molecular weight is 368 g/mol. The van der Waals surface area contributed by atoms with E-state index in [1.165, 1.54) is 5.56 Å². The molecule has 0 radical (unpaired) electrons. The maximum atomic E-state index is 12.2. The van der Waals surface area contributed by atoms with Crippen LogP contribution in [0.2, 0.25) is 0 Å². The molecule has 2 aromatic rings. The van der Waals surface area contributed by atoms with Gasteiger partial charge in [0.2, 0.25) is 0 Å². The maximum Gasteiger partial charge on any atom is 0.313 e. The molecule has 3 rings (SSSR count). The van der Waals surface area contributed by atoms with E-state index in [2.05, 4.69) is 16.7 Å². The lowest BCUT2D eigenvalue weighted by atomic mass is 9.80. The van der Waals surface area contributed by atoms with Gasteiger partial charge in [-0.3, -0.25) is 9.59 Å². The van der Waals surface area contributed by atoms with Gasteiger partial charge in [0.1, 0.15) is 5.75 Å². The van der Waals surface area contributed by atoms with E-state index in [0.717, 1.165) is 12.0 Å². The standard InChI is InChI=1S/C21H24N2O4/c1-2-27-18-10-6-5-9-17(18)23-20(25)19(24)22-14-21(26)12-11-15-7-3-4-8-16(15)13-21/h3-10,26H,2,11-14H2,1H3,(H,22,24)(H,23,25). The summed E-state index contributed by atoms with van der Waals surface area (Å²) in [6.07, 6.45) is 1.74. The van der Waals surface area contributed by atoms with Crippen molar-refractivity contribution in [2.45, 2.75) is 31.8 Å². The van der Waals surface area contributed by atoms with Gasteiger partial charge in [-0.15, -0.1) is 0 Å². The van der Waals surface area contributed by atoms with Gasteiger partial charge in [0.05, 0.1) is 17.9 Å². The molecule has 0 spiro atoms. The Hall–Kier alpha value is -2.86. The lowest BCUT2D eigenvalue weighted by Crippen LogP contribution is -2.49. The highest BCUT2D eigenvalue weighted by molar-refractivity contribution is 6.39. The third-order valence-electron chi connectivity index (χ3n) is 4.72. The Morgan fingerprint density at radius 1 is 1.07 bits per heavy atom. The smallest absolute Gasteiger partial charge is 0.313 e. The normalized spacial score (nSPS) is 18.3. The van der Waals surface area contributed by atoms with Gasteiger partial charge in [-0.25, -0.2) is 0 Å². The molecule has 0 saturated carbocycles. The second kappa shape index (κ2) is 8.22. The van der Waals surface area contributed by atoms with E-state index >= 15 is 0 Å². The number of rotatable bonds is 5. The molecule has 1 atom stereocenters. The Balaban J connectivity index is 1.57. The number of fused-ring (bicyclic) bond motifs is 1. The van der Waals surface area contributed by atoms with Crippen LogP contribution in [0.1, 0.15) is 24.5 Å². The first kappa shape index (κ1) is 18.9. The highest BCUT2D eigenvalue weighted by Gasteiger charge is 2.33. The van der Waals surface area contributed by atoms with Crippen molar-refractivity contribution < 1.29 is 19.4 Å². The number of carbonyl (C=O) groups excluding carboxylic acids is 2. The fraction of sp³-hybridized carbons (Fsp3) is 0.333. The fourth-order valence-corrected chi connectivity index (χ4v) is 3.29. The van der Waals surface area contributed by atoms with Crippen molar-refractivity contribution in [3.8, 4) is 5.75 Å². The minimum Gasteiger partial charge on any atom is -0.492 e. The van der Waals surface area contributed by atoms with Crippen molar-refractivity contribution in [1.82, 2.24) is 5.32 Å². The Morgan fingerprint density at radius 3 is 2.56 bits per heavy atom. The molecular formula is C21H24N2O4. The molecule has 1 unspecified atom stereocenters.